The van der Waals surface area contributed by atoms with Gasteiger partial charge in [0.1, 0.15) is 12.4 Å². The van der Waals surface area contributed by atoms with E-state index in [9.17, 15) is 9.18 Å². The van der Waals surface area contributed by atoms with Gasteiger partial charge in [-0.1, -0.05) is 23.9 Å². The van der Waals surface area contributed by atoms with Gasteiger partial charge in [-0.15, -0.1) is 0 Å². The van der Waals surface area contributed by atoms with Gasteiger partial charge in [0.2, 0.25) is 0 Å². The number of hydrogen-bond acceptors (Lipinski definition) is 5. The molecule has 146 valence electrons. The van der Waals surface area contributed by atoms with Gasteiger partial charge < -0.3 is 4.74 Å². The van der Waals surface area contributed by atoms with Crippen molar-refractivity contribution in [3.8, 4) is 11.4 Å². The van der Waals surface area contributed by atoms with Crippen molar-refractivity contribution in [2.45, 2.75) is 11.8 Å². The maximum absolute atomic E-state index is 13.3. The van der Waals surface area contributed by atoms with Crippen LogP contribution in [0.25, 0.3) is 11.4 Å². The summed E-state index contributed by atoms with van der Waals surface area (Å²) >= 11 is 1.39. The number of rotatable bonds is 6. The highest BCUT2D eigenvalue weighted by molar-refractivity contribution is 7.98. The van der Waals surface area contributed by atoms with Crippen molar-refractivity contribution >= 4 is 17.7 Å². The summed E-state index contributed by atoms with van der Waals surface area (Å²) in [5.41, 5.74) is 2.70. The van der Waals surface area contributed by atoms with E-state index in [2.05, 4.69) is 10.1 Å². The maximum atomic E-state index is 13.3. The van der Waals surface area contributed by atoms with Crippen molar-refractivity contribution in [3.63, 3.8) is 0 Å². The Balaban J connectivity index is 1.50. The number of imidazole rings is 1. The van der Waals surface area contributed by atoms with Gasteiger partial charge in [-0.05, 0) is 54.3 Å². The van der Waals surface area contributed by atoms with E-state index in [1.165, 1.54) is 30.1 Å². The zero-order valence-electron chi connectivity index (χ0n) is 15.5. The number of aromatic nitrogens is 4. The van der Waals surface area contributed by atoms with E-state index in [-0.39, 0.29) is 18.1 Å². The molecule has 0 spiro atoms. The van der Waals surface area contributed by atoms with Crippen molar-refractivity contribution in [1.29, 1.82) is 0 Å². The molecule has 0 unspecified atom stereocenters. The van der Waals surface area contributed by atoms with E-state index in [0.29, 0.717) is 10.8 Å². The molecule has 4 aromatic rings. The summed E-state index contributed by atoms with van der Waals surface area (Å²) in [6.45, 7) is 0.126. The Morgan fingerprint density at radius 2 is 1.83 bits per heavy atom. The van der Waals surface area contributed by atoms with Crippen LogP contribution in [0.15, 0.2) is 78.3 Å². The van der Waals surface area contributed by atoms with Gasteiger partial charge in [0.25, 0.3) is 0 Å². The second-order valence-electron chi connectivity index (χ2n) is 6.14. The molecule has 0 bridgehead atoms. The van der Waals surface area contributed by atoms with Crippen LogP contribution in [0.3, 0.4) is 0 Å². The molecule has 8 heteroatoms. The number of thioether (sulfide) groups is 1. The number of carbonyl (C=O) groups excluding carboxylic acids is 1. The smallest absolute Gasteiger partial charge is 0.357 e. The van der Waals surface area contributed by atoms with Crippen LogP contribution < -0.4 is 0 Å². The third-order valence-corrected chi connectivity index (χ3v) is 4.93. The lowest BCUT2D eigenvalue weighted by atomic mass is 10.2. The Morgan fingerprint density at radius 3 is 2.48 bits per heavy atom. The molecule has 6 nitrogen and oxygen atoms in total. The first-order chi connectivity index (χ1) is 14.2. The largest absolute Gasteiger partial charge is 0.456 e. The molecule has 2 aromatic carbocycles. The third kappa shape index (κ3) is 4.07. The van der Waals surface area contributed by atoms with Crippen LogP contribution in [-0.4, -0.2) is 31.6 Å². The molecule has 2 aromatic heterocycles. The minimum absolute atomic E-state index is 0.126. The average molecular weight is 408 g/mol. The first-order valence-corrected chi connectivity index (χ1v) is 10.0. The Kier molecular flexibility index (Phi) is 5.44. The van der Waals surface area contributed by atoms with Crippen LogP contribution in [0.1, 0.15) is 16.1 Å². The molecule has 0 radical (unpaired) electrons. The second-order valence-corrected chi connectivity index (χ2v) is 6.91. The van der Waals surface area contributed by atoms with Crippen molar-refractivity contribution in [2.75, 3.05) is 6.26 Å². The van der Waals surface area contributed by atoms with Crippen LogP contribution in [0, 0.1) is 5.82 Å². The monoisotopic (exact) mass is 408 g/mol. The fourth-order valence-corrected chi connectivity index (χ4v) is 3.40. The summed E-state index contributed by atoms with van der Waals surface area (Å²) in [5, 5.41) is 4.80. The SMILES string of the molecule is CSc1ncc(C(=O)OCc2ccc(-n3cccn3)cc2)n1-c1ccc(F)cc1. The van der Waals surface area contributed by atoms with Crippen LogP contribution >= 0.6 is 11.8 Å². The molecule has 0 amide bonds. The first kappa shape index (κ1) is 18.9. The quantitative estimate of drug-likeness (QED) is 0.352. The van der Waals surface area contributed by atoms with Gasteiger partial charge in [-0.25, -0.2) is 18.9 Å². The van der Waals surface area contributed by atoms with Gasteiger partial charge in [-0.3, -0.25) is 4.57 Å². The lowest BCUT2D eigenvalue weighted by Gasteiger charge is -2.11. The second kappa shape index (κ2) is 8.32. The molecule has 0 atom stereocenters. The molecule has 0 aliphatic rings. The van der Waals surface area contributed by atoms with Gasteiger partial charge >= 0.3 is 5.97 Å². The molecule has 29 heavy (non-hydrogen) atoms. The van der Waals surface area contributed by atoms with E-state index < -0.39 is 5.97 Å². The summed E-state index contributed by atoms with van der Waals surface area (Å²) in [6, 6.07) is 15.3. The highest BCUT2D eigenvalue weighted by atomic mass is 32.2. The molecule has 0 saturated carbocycles. The van der Waals surface area contributed by atoms with Gasteiger partial charge in [0, 0.05) is 18.1 Å². The summed E-state index contributed by atoms with van der Waals surface area (Å²) in [5.74, 6) is -0.847. The van der Waals surface area contributed by atoms with Crippen molar-refractivity contribution in [2.24, 2.45) is 0 Å². The van der Waals surface area contributed by atoms with E-state index in [0.717, 1.165) is 11.3 Å². The number of hydrogen-bond donors (Lipinski definition) is 0. The fourth-order valence-electron chi connectivity index (χ4n) is 2.85. The predicted octanol–water partition coefficient (Wildman–Crippen LogP) is 4.28. The number of benzene rings is 2. The van der Waals surface area contributed by atoms with Gasteiger partial charge in [-0.2, -0.15) is 5.10 Å². The Labute approximate surface area is 171 Å². The van der Waals surface area contributed by atoms with Crippen molar-refractivity contribution in [3.05, 3.63) is 90.3 Å². The summed E-state index contributed by atoms with van der Waals surface area (Å²) in [7, 11) is 0. The molecular weight excluding hydrogens is 391 g/mol. The van der Waals surface area contributed by atoms with Gasteiger partial charge in [0.05, 0.1) is 11.9 Å². The van der Waals surface area contributed by atoms with Crippen molar-refractivity contribution < 1.29 is 13.9 Å². The van der Waals surface area contributed by atoms with E-state index in [4.69, 9.17) is 4.74 Å². The third-order valence-electron chi connectivity index (χ3n) is 4.28. The summed E-state index contributed by atoms with van der Waals surface area (Å²) in [4.78, 5) is 17.0. The average Bonchev–Trinajstić information content (AvgIpc) is 3.43. The number of halogens is 1. The van der Waals surface area contributed by atoms with Crippen LogP contribution in [-0.2, 0) is 11.3 Å². The molecule has 2 heterocycles. The Morgan fingerprint density at radius 1 is 1.10 bits per heavy atom. The first-order valence-electron chi connectivity index (χ1n) is 8.79. The Hall–Kier alpha value is -3.39. The Bertz CT molecular complexity index is 1110. The minimum Gasteiger partial charge on any atom is -0.456 e. The molecule has 4 rings (SSSR count). The molecule has 0 aliphatic heterocycles. The van der Waals surface area contributed by atoms with E-state index in [1.54, 1.807) is 27.6 Å². The fraction of sp³-hybridized carbons (Fsp3) is 0.0952. The van der Waals surface area contributed by atoms with Crippen LogP contribution in [0.2, 0.25) is 0 Å². The zero-order chi connectivity index (χ0) is 20.2. The molecule has 0 saturated heterocycles. The highest BCUT2D eigenvalue weighted by Crippen LogP contribution is 2.23. The lowest BCUT2D eigenvalue weighted by molar-refractivity contribution is 0.0462. The summed E-state index contributed by atoms with van der Waals surface area (Å²) < 4.78 is 22.2. The molecule has 0 fully saturated rings. The molecule has 0 aliphatic carbocycles. The minimum atomic E-state index is -0.502. The highest BCUT2D eigenvalue weighted by Gasteiger charge is 2.19. The van der Waals surface area contributed by atoms with Crippen molar-refractivity contribution in [1.82, 2.24) is 19.3 Å². The normalized spacial score (nSPS) is 10.8. The molecule has 0 N–H and O–H groups in total. The zero-order valence-corrected chi connectivity index (χ0v) is 16.3. The number of ether oxygens (including phenoxy) is 1. The number of nitrogens with zero attached hydrogens (tertiary/aromatic N) is 4. The van der Waals surface area contributed by atoms with Gasteiger partial charge in [0.15, 0.2) is 10.9 Å². The van der Waals surface area contributed by atoms with E-state index >= 15 is 0 Å². The number of esters is 1. The number of carbonyl (C=O) groups is 1. The van der Waals surface area contributed by atoms with Crippen LogP contribution in [0.4, 0.5) is 4.39 Å². The van der Waals surface area contributed by atoms with Crippen LogP contribution in [0.5, 0.6) is 0 Å². The maximum Gasteiger partial charge on any atom is 0.357 e. The lowest BCUT2D eigenvalue weighted by Crippen LogP contribution is -2.12. The predicted molar refractivity (Wildman–Crippen MR) is 108 cm³/mol. The van der Waals surface area contributed by atoms with E-state index in [1.807, 2.05) is 42.8 Å². The summed E-state index contributed by atoms with van der Waals surface area (Å²) in [6.07, 6.45) is 6.90. The topological polar surface area (TPSA) is 61.9 Å². The standard InChI is InChI=1S/C21H17FN4O2S/c1-29-21-23-13-19(26(21)18-9-5-16(22)6-10-18)20(27)28-14-15-3-7-17(8-4-15)25-12-2-11-24-25/h2-13H,14H2,1H3. The molecular formula is C21H17FN4O2S.